The van der Waals surface area contributed by atoms with Gasteiger partial charge in [-0.1, -0.05) is 23.6 Å². The van der Waals surface area contributed by atoms with E-state index in [9.17, 15) is 0 Å². The molecule has 1 aromatic heterocycles. The largest absolute Gasteiger partial charge is 0.299 e. The lowest BCUT2D eigenvalue weighted by Gasteiger charge is -2.10. The fourth-order valence-electron chi connectivity index (χ4n) is 1.83. The van der Waals surface area contributed by atoms with Crippen molar-refractivity contribution < 1.29 is 0 Å². The van der Waals surface area contributed by atoms with E-state index < -0.39 is 0 Å². The predicted octanol–water partition coefficient (Wildman–Crippen LogP) is 1.95. The maximum absolute atomic E-state index is 5.81. The van der Waals surface area contributed by atoms with E-state index in [0.29, 0.717) is 17.7 Å². The van der Waals surface area contributed by atoms with Crippen molar-refractivity contribution in [2.24, 2.45) is 0 Å². The van der Waals surface area contributed by atoms with Gasteiger partial charge in [0.05, 0.1) is 6.54 Å². The molecule has 14 heavy (non-hydrogen) atoms. The summed E-state index contributed by atoms with van der Waals surface area (Å²) in [6.07, 6.45) is 7.25. The van der Waals surface area contributed by atoms with Crippen molar-refractivity contribution in [1.29, 1.82) is 0 Å². The van der Waals surface area contributed by atoms with Gasteiger partial charge in [0, 0.05) is 11.7 Å². The number of rotatable bonds is 2. The Hall–Kier alpha value is -1.04. The predicted molar refractivity (Wildman–Crippen MR) is 57.1 cm³/mol. The van der Waals surface area contributed by atoms with Gasteiger partial charge < -0.3 is 0 Å². The minimum absolute atomic E-state index is 0.353. The first-order valence-electron chi connectivity index (χ1n) is 4.63. The number of pyridine rings is 1. The molecule has 1 unspecified atom stereocenters. The van der Waals surface area contributed by atoms with E-state index in [2.05, 4.69) is 16.2 Å². The summed E-state index contributed by atoms with van der Waals surface area (Å²) in [5.41, 5.74) is 2.34. The maximum atomic E-state index is 5.81. The van der Waals surface area contributed by atoms with Gasteiger partial charge in [-0.3, -0.25) is 5.32 Å². The number of nitrogens with one attached hydrogen (secondary N) is 1. The summed E-state index contributed by atoms with van der Waals surface area (Å²) in [5.74, 6) is 2.58. The van der Waals surface area contributed by atoms with Gasteiger partial charge in [0.25, 0.3) is 0 Å². The minimum Gasteiger partial charge on any atom is -0.299 e. The summed E-state index contributed by atoms with van der Waals surface area (Å²) in [5, 5.41) is 3.86. The molecule has 1 heterocycles. The van der Waals surface area contributed by atoms with Crippen LogP contribution in [-0.2, 0) is 6.42 Å². The van der Waals surface area contributed by atoms with Crippen molar-refractivity contribution in [3.05, 3.63) is 28.5 Å². The zero-order valence-corrected chi connectivity index (χ0v) is 8.51. The van der Waals surface area contributed by atoms with Crippen LogP contribution in [0, 0.1) is 12.3 Å². The van der Waals surface area contributed by atoms with Crippen molar-refractivity contribution >= 4 is 11.6 Å². The molecule has 0 fully saturated rings. The van der Waals surface area contributed by atoms with Crippen molar-refractivity contribution in [2.75, 3.05) is 6.54 Å². The normalized spacial score (nSPS) is 19.0. The van der Waals surface area contributed by atoms with Crippen LogP contribution in [0.15, 0.2) is 12.1 Å². The monoisotopic (exact) mass is 206 g/mol. The molecule has 0 aliphatic heterocycles. The maximum Gasteiger partial charge on any atom is 0.129 e. The molecule has 1 atom stereocenters. The van der Waals surface area contributed by atoms with Gasteiger partial charge in [-0.25, -0.2) is 4.98 Å². The van der Waals surface area contributed by atoms with Crippen LogP contribution < -0.4 is 5.32 Å². The molecule has 0 amide bonds. The Morgan fingerprint density at radius 1 is 1.64 bits per heavy atom. The second kappa shape index (κ2) is 4.00. The average molecular weight is 207 g/mol. The first-order chi connectivity index (χ1) is 6.81. The van der Waals surface area contributed by atoms with Crippen LogP contribution in [0.1, 0.15) is 23.7 Å². The zero-order chi connectivity index (χ0) is 9.97. The SMILES string of the molecule is C#CCNC1CCc2nc(Cl)ccc21. The highest BCUT2D eigenvalue weighted by Gasteiger charge is 2.22. The molecule has 1 N–H and O–H groups in total. The molecule has 3 heteroatoms. The fraction of sp³-hybridized carbons (Fsp3) is 0.364. The van der Waals surface area contributed by atoms with Gasteiger partial charge in [-0.15, -0.1) is 6.42 Å². The number of halogens is 1. The van der Waals surface area contributed by atoms with E-state index in [1.54, 1.807) is 0 Å². The van der Waals surface area contributed by atoms with E-state index >= 15 is 0 Å². The second-order valence-corrected chi connectivity index (χ2v) is 3.73. The van der Waals surface area contributed by atoms with Crippen molar-refractivity contribution in [1.82, 2.24) is 10.3 Å². The molecular formula is C11H11ClN2. The van der Waals surface area contributed by atoms with Crippen molar-refractivity contribution in [2.45, 2.75) is 18.9 Å². The molecule has 2 rings (SSSR count). The lowest BCUT2D eigenvalue weighted by atomic mass is 10.1. The van der Waals surface area contributed by atoms with E-state index in [-0.39, 0.29) is 0 Å². The van der Waals surface area contributed by atoms with Gasteiger partial charge in [0.1, 0.15) is 5.15 Å². The molecule has 0 bridgehead atoms. The van der Waals surface area contributed by atoms with Crippen LogP contribution in [0.25, 0.3) is 0 Å². The summed E-state index contributed by atoms with van der Waals surface area (Å²) in [6, 6.07) is 4.22. The number of terminal acetylenes is 1. The first-order valence-corrected chi connectivity index (χ1v) is 5.01. The van der Waals surface area contributed by atoms with Crippen LogP contribution >= 0.6 is 11.6 Å². The summed E-state index contributed by atoms with van der Waals surface area (Å²) in [6.45, 7) is 0.604. The fourth-order valence-corrected chi connectivity index (χ4v) is 2.00. The first kappa shape index (κ1) is 9.51. The quantitative estimate of drug-likeness (QED) is 0.591. The number of aromatic nitrogens is 1. The Kier molecular flexibility index (Phi) is 2.72. The number of aryl methyl sites for hydroxylation is 1. The molecule has 1 aliphatic rings. The van der Waals surface area contributed by atoms with E-state index in [4.69, 9.17) is 18.0 Å². The minimum atomic E-state index is 0.353. The Morgan fingerprint density at radius 3 is 3.29 bits per heavy atom. The van der Waals surface area contributed by atoms with Crippen LogP contribution in [0.4, 0.5) is 0 Å². The van der Waals surface area contributed by atoms with E-state index in [1.807, 2.05) is 12.1 Å². The Bertz CT molecular complexity index is 381. The third-order valence-electron chi connectivity index (χ3n) is 2.47. The van der Waals surface area contributed by atoms with Crippen molar-refractivity contribution in [3.63, 3.8) is 0 Å². The average Bonchev–Trinajstić information content (AvgIpc) is 2.57. The van der Waals surface area contributed by atoms with Gasteiger partial charge >= 0.3 is 0 Å². The molecule has 1 aliphatic carbocycles. The molecule has 0 saturated heterocycles. The highest BCUT2D eigenvalue weighted by Crippen LogP contribution is 2.30. The van der Waals surface area contributed by atoms with Crippen LogP contribution in [0.2, 0.25) is 5.15 Å². The van der Waals surface area contributed by atoms with Gasteiger partial charge in [0.15, 0.2) is 0 Å². The van der Waals surface area contributed by atoms with Gasteiger partial charge in [0.2, 0.25) is 0 Å². The summed E-state index contributed by atoms with van der Waals surface area (Å²) in [4.78, 5) is 4.29. The molecule has 0 saturated carbocycles. The van der Waals surface area contributed by atoms with Gasteiger partial charge in [-0.2, -0.15) is 0 Å². The third-order valence-corrected chi connectivity index (χ3v) is 2.68. The molecule has 1 aromatic rings. The lowest BCUT2D eigenvalue weighted by molar-refractivity contribution is 0.568. The number of nitrogens with zero attached hydrogens (tertiary/aromatic N) is 1. The lowest BCUT2D eigenvalue weighted by Crippen LogP contribution is -2.19. The van der Waals surface area contributed by atoms with Crippen LogP contribution in [-0.4, -0.2) is 11.5 Å². The topological polar surface area (TPSA) is 24.9 Å². The number of hydrogen-bond donors (Lipinski definition) is 1. The third kappa shape index (κ3) is 1.75. The molecule has 0 aromatic carbocycles. The Balaban J connectivity index is 2.19. The summed E-state index contributed by atoms with van der Waals surface area (Å²) >= 11 is 5.81. The zero-order valence-electron chi connectivity index (χ0n) is 7.76. The van der Waals surface area contributed by atoms with Crippen molar-refractivity contribution in [3.8, 4) is 12.3 Å². The van der Waals surface area contributed by atoms with E-state index in [0.717, 1.165) is 18.5 Å². The molecular weight excluding hydrogens is 196 g/mol. The van der Waals surface area contributed by atoms with E-state index in [1.165, 1.54) is 5.56 Å². The Morgan fingerprint density at radius 2 is 2.50 bits per heavy atom. The second-order valence-electron chi connectivity index (χ2n) is 3.35. The molecule has 72 valence electrons. The molecule has 0 radical (unpaired) electrons. The Labute approximate surface area is 88.7 Å². The smallest absolute Gasteiger partial charge is 0.129 e. The highest BCUT2D eigenvalue weighted by molar-refractivity contribution is 6.29. The van der Waals surface area contributed by atoms with Crippen LogP contribution in [0.5, 0.6) is 0 Å². The van der Waals surface area contributed by atoms with Gasteiger partial charge in [-0.05, 0) is 24.5 Å². The summed E-state index contributed by atoms with van der Waals surface area (Å²) in [7, 11) is 0. The summed E-state index contributed by atoms with van der Waals surface area (Å²) < 4.78 is 0. The molecule has 2 nitrogen and oxygen atoms in total. The highest BCUT2D eigenvalue weighted by atomic mass is 35.5. The standard InChI is InChI=1S/C11H11ClN2/c1-2-7-13-9-4-5-10-8(9)3-6-11(12)14-10/h1,3,6,9,13H,4-5,7H2. The van der Waals surface area contributed by atoms with Crippen LogP contribution in [0.3, 0.4) is 0 Å². The number of hydrogen-bond acceptors (Lipinski definition) is 2. The number of fused-ring (bicyclic) bond motifs is 1. The molecule has 0 spiro atoms.